The highest BCUT2D eigenvalue weighted by Crippen LogP contribution is 2.23. The van der Waals surface area contributed by atoms with Crippen LogP contribution >= 0.6 is 11.8 Å². The van der Waals surface area contributed by atoms with Gasteiger partial charge < -0.3 is 5.32 Å². The zero-order chi connectivity index (χ0) is 15.2. The second-order valence-corrected chi connectivity index (χ2v) is 6.90. The molecular formula is C17H25N3S. The molecule has 0 aliphatic rings. The summed E-state index contributed by atoms with van der Waals surface area (Å²) in [6.45, 7) is 9.56. The van der Waals surface area contributed by atoms with E-state index < -0.39 is 0 Å². The molecule has 2 aromatic rings. The van der Waals surface area contributed by atoms with E-state index >= 15 is 0 Å². The summed E-state index contributed by atoms with van der Waals surface area (Å²) < 4.78 is 2.01. The second kappa shape index (κ2) is 7.66. The fourth-order valence-electron chi connectivity index (χ4n) is 1.97. The minimum atomic E-state index is 0.425. The number of benzene rings is 1. The lowest BCUT2D eigenvalue weighted by Gasteiger charge is -2.09. The second-order valence-electron chi connectivity index (χ2n) is 5.85. The molecule has 3 nitrogen and oxygen atoms in total. The zero-order valence-electron chi connectivity index (χ0n) is 13.3. The first kappa shape index (κ1) is 16.1. The monoisotopic (exact) mass is 303 g/mol. The van der Waals surface area contributed by atoms with Gasteiger partial charge in [0.25, 0.3) is 0 Å². The van der Waals surface area contributed by atoms with E-state index in [1.165, 1.54) is 10.5 Å². The number of thioether (sulfide) groups is 1. The van der Waals surface area contributed by atoms with Gasteiger partial charge in [0.15, 0.2) is 0 Å². The third-order valence-corrected chi connectivity index (χ3v) is 4.22. The largest absolute Gasteiger partial charge is 0.310 e. The minimum absolute atomic E-state index is 0.425. The standard InChI is InChI=1S/C17H25N3S/c1-13(2)18-11-15-6-5-7-17(10-15)21-12-16-8-9-20(19-16)14(3)4/h5-10,13-14,18H,11-12H2,1-4H3. The Morgan fingerprint density at radius 2 is 2.00 bits per heavy atom. The van der Waals surface area contributed by atoms with E-state index in [9.17, 15) is 0 Å². The first-order valence-electron chi connectivity index (χ1n) is 7.53. The highest BCUT2D eigenvalue weighted by molar-refractivity contribution is 7.98. The number of hydrogen-bond donors (Lipinski definition) is 1. The molecule has 0 aliphatic carbocycles. The maximum atomic E-state index is 4.59. The lowest BCUT2D eigenvalue weighted by atomic mass is 10.2. The maximum Gasteiger partial charge on any atom is 0.0727 e. The number of nitrogens with one attached hydrogen (secondary N) is 1. The van der Waals surface area contributed by atoms with Gasteiger partial charge in [-0.25, -0.2) is 0 Å². The lowest BCUT2D eigenvalue weighted by Crippen LogP contribution is -2.21. The van der Waals surface area contributed by atoms with Gasteiger partial charge in [0.05, 0.1) is 5.69 Å². The van der Waals surface area contributed by atoms with E-state index in [1.807, 2.05) is 16.4 Å². The molecule has 1 heterocycles. The molecule has 0 fully saturated rings. The van der Waals surface area contributed by atoms with Crippen LogP contribution in [0.5, 0.6) is 0 Å². The molecule has 0 aliphatic heterocycles. The highest BCUT2D eigenvalue weighted by atomic mass is 32.2. The number of aromatic nitrogens is 2. The molecule has 0 bridgehead atoms. The summed E-state index contributed by atoms with van der Waals surface area (Å²) >= 11 is 1.84. The van der Waals surface area contributed by atoms with Crippen LogP contribution in [-0.4, -0.2) is 15.8 Å². The summed E-state index contributed by atoms with van der Waals surface area (Å²) in [5.41, 5.74) is 2.47. The Morgan fingerprint density at radius 1 is 1.19 bits per heavy atom. The molecule has 1 N–H and O–H groups in total. The topological polar surface area (TPSA) is 29.9 Å². The molecule has 0 saturated heterocycles. The lowest BCUT2D eigenvalue weighted by molar-refractivity contribution is 0.529. The average Bonchev–Trinajstić information content (AvgIpc) is 2.92. The van der Waals surface area contributed by atoms with Crippen LogP contribution in [0.1, 0.15) is 45.0 Å². The minimum Gasteiger partial charge on any atom is -0.310 e. The van der Waals surface area contributed by atoms with E-state index in [-0.39, 0.29) is 0 Å². The summed E-state index contributed by atoms with van der Waals surface area (Å²) in [4.78, 5) is 1.30. The van der Waals surface area contributed by atoms with Crippen LogP contribution in [0.4, 0.5) is 0 Å². The molecule has 0 unspecified atom stereocenters. The van der Waals surface area contributed by atoms with Crippen LogP contribution in [0, 0.1) is 0 Å². The fraction of sp³-hybridized carbons (Fsp3) is 0.471. The van der Waals surface area contributed by atoms with Crippen LogP contribution in [-0.2, 0) is 12.3 Å². The van der Waals surface area contributed by atoms with Gasteiger partial charge in [-0.15, -0.1) is 11.8 Å². The molecule has 0 amide bonds. The van der Waals surface area contributed by atoms with Crippen LogP contribution in [0.3, 0.4) is 0 Å². The molecule has 4 heteroatoms. The van der Waals surface area contributed by atoms with Crippen LogP contribution in [0.15, 0.2) is 41.4 Å². The molecule has 0 atom stereocenters. The van der Waals surface area contributed by atoms with E-state index in [0.717, 1.165) is 18.0 Å². The van der Waals surface area contributed by atoms with Crippen molar-refractivity contribution in [3.8, 4) is 0 Å². The van der Waals surface area contributed by atoms with Gasteiger partial charge in [-0.1, -0.05) is 26.0 Å². The molecule has 2 rings (SSSR count). The Balaban J connectivity index is 1.91. The molecule has 0 saturated carbocycles. The van der Waals surface area contributed by atoms with Gasteiger partial charge in [-0.05, 0) is 37.6 Å². The Kier molecular flexibility index (Phi) is 5.88. The molecule has 0 spiro atoms. The van der Waals surface area contributed by atoms with Crippen molar-refractivity contribution >= 4 is 11.8 Å². The van der Waals surface area contributed by atoms with Crippen molar-refractivity contribution < 1.29 is 0 Å². The predicted molar refractivity (Wildman–Crippen MR) is 90.6 cm³/mol. The summed E-state index contributed by atoms with van der Waals surface area (Å²) in [6, 6.07) is 11.8. The van der Waals surface area contributed by atoms with Gasteiger partial charge >= 0.3 is 0 Å². The van der Waals surface area contributed by atoms with Crippen molar-refractivity contribution in [1.29, 1.82) is 0 Å². The summed E-state index contributed by atoms with van der Waals surface area (Å²) in [6.07, 6.45) is 2.06. The first-order chi connectivity index (χ1) is 10.0. The highest BCUT2D eigenvalue weighted by Gasteiger charge is 2.04. The molecule has 1 aromatic carbocycles. The molecule has 21 heavy (non-hydrogen) atoms. The Labute approximate surface area is 132 Å². The molecule has 0 radical (unpaired) electrons. The van der Waals surface area contributed by atoms with Crippen molar-refractivity contribution in [1.82, 2.24) is 15.1 Å². The van der Waals surface area contributed by atoms with Gasteiger partial charge in [0.1, 0.15) is 0 Å². The van der Waals surface area contributed by atoms with Gasteiger partial charge in [-0.2, -0.15) is 5.10 Å². The number of rotatable bonds is 7. The maximum absolute atomic E-state index is 4.59. The Hall–Kier alpha value is -1.26. The molecular weight excluding hydrogens is 278 g/mol. The third-order valence-electron chi connectivity index (χ3n) is 3.19. The summed E-state index contributed by atoms with van der Waals surface area (Å²) in [7, 11) is 0. The average molecular weight is 303 g/mol. The van der Waals surface area contributed by atoms with Crippen molar-refractivity contribution in [2.45, 2.75) is 57.0 Å². The van der Waals surface area contributed by atoms with Crippen LogP contribution in [0.25, 0.3) is 0 Å². The Bertz CT molecular complexity index is 561. The van der Waals surface area contributed by atoms with Crippen molar-refractivity contribution in [3.63, 3.8) is 0 Å². The molecule has 1 aromatic heterocycles. The van der Waals surface area contributed by atoms with Crippen LogP contribution in [0.2, 0.25) is 0 Å². The smallest absolute Gasteiger partial charge is 0.0727 e. The zero-order valence-corrected chi connectivity index (χ0v) is 14.2. The fourth-order valence-corrected chi connectivity index (χ4v) is 2.84. The van der Waals surface area contributed by atoms with E-state index in [2.05, 4.69) is 74.6 Å². The number of nitrogens with zero attached hydrogens (tertiary/aromatic N) is 2. The normalized spacial score (nSPS) is 11.5. The molecule has 114 valence electrons. The first-order valence-corrected chi connectivity index (χ1v) is 8.52. The predicted octanol–water partition coefficient (Wildman–Crippen LogP) is 4.25. The van der Waals surface area contributed by atoms with Crippen LogP contribution < -0.4 is 5.32 Å². The van der Waals surface area contributed by atoms with E-state index in [0.29, 0.717) is 12.1 Å². The Morgan fingerprint density at radius 3 is 2.67 bits per heavy atom. The van der Waals surface area contributed by atoms with Crippen molar-refractivity contribution in [3.05, 3.63) is 47.8 Å². The van der Waals surface area contributed by atoms with Gasteiger partial charge in [0, 0.05) is 35.5 Å². The van der Waals surface area contributed by atoms with Crippen molar-refractivity contribution in [2.75, 3.05) is 0 Å². The van der Waals surface area contributed by atoms with Gasteiger partial charge in [0.2, 0.25) is 0 Å². The summed E-state index contributed by atoms with van der Waals surface area (Å²) in [5.74, 6) is 0.917. The van der Waals surface area contributed by atoms with E-state index in [1.54, 1.807) is 0 Å². The number of hydrogen-bond acceptors (Lipinski definition) is 3. The third kappa shape index (κ3) is 5.21. The van der Waals surface area contributed by atoms with E-state index in [4.69, 9.17) is 0 Å². The SMILES string of the molecule is CC(C)NCc1cccc(SCc2ccn(C(C)C)n2)c1. The van der Waals surface area contributed by atoms with Crippen molar-refractivity contribution in [2.24, 2.45) is 0 Å². The quantitative estimate of drug-likeness (QED) is 0.775. The van der Waals surface area contributed by atoms with Gasteiger partial charge in [-0.3, -0.25) is 4.68 Å². The summed E-state index contributed by atoms with van der Waals surface area (Å²) in [5, 5.41) is 8.04.